The maximum atomic E-state index is 11.2. The zero-order chi connectivity index (χ0) is 21.0. The highest BCUT2D eigenvalue weighted by atomic mass is 16.5. The molecule has 10 heteroatoms. The third-order valence-electron chi connectivity index (χ3n) is 4.39. The third kappa shape index (κ3) is 4.96. The molecule has 3 rings (SSSR count). The summed E-state index contributed by atoms with van der Waals surface area (Å²) in [7, 11) is 1.75. The molecule has 2 heterocycles. The molecule has 3 N–H and O–H groups in total. The fourth-order valence-electron chi connectivity index (χ4n) is 2.76. The van der Waals surface area contributed by atoms with E-state index < -0.39 is 0 Å². The van der Waals surface area contributed by atoms with Gasteiger partial charge in [-0.15, -0.1) is 5.10 Å². The summed E-state index contributed by atoms with van der Waals surface area (Å²) in [6, 6.07) is 7.05. The Morgan fingerprint density at radius 3 is 2.79 bits per heavy atom. The molecule has 1 atom stereocenters. The monoisotopic (exact) mass is 399 g/mol. The standard InChI is InChI=1S/C19H25N7O3/c1-11(2)15(10-27)21-19-22-17(16-18(23-19)26(4)25-24-16)20-9-13-6-5-7-14(8-13)29-12(3)28/h5-8,11,15,27H,9-10H2,1-4H3,(H2,20,21,22,23). The highest BCUT2D eigenvalue weighted by molar-refractivity contribution is 5.83. The van der Waals surface area contributed by atoms with Gasteiger partial charge in [-0.2, -0.15) is 9.97 Å². The first-order valence-corrected chi connectivity index (χ1v) is 9.33. The van der Waals surface area contributed by atoms with Crippen LogP contribution in [0.4, 0.5) is 11.8 Å². The largest absolute Gasteiger partial charge is 0.427 e. The molecule has 2 aromatic heterocycles. The first-order chi connectivity index (χ1) is 13.9. The number of carbonyl (C=O) groups is 1. The maximum Gasteiger partial charge on any atom is 0.308 e. The van der Waals surface area contributed by atoms with Crippen molar-refractivity contribution in [2.45, 2.75) is 33.4 Å². The lowest BCUT2D eigenvalue weighted by Gasteiger charge is -2.20. The van der Waals surface area contributed by atoms with E-state index >= 15 is 0 Å². The smallest absolute Gasteiger partial charge is 0.308 e. The van der Waals surface area contributed by atoms with Gasteiger partial charge in [0.1, 0.15) is 5.75 Å². The van der Waals surface area contributed by atoms with Crippen LogP contribution in [0, 0.1) is 5.92 Å². The fourth-order valence-corrected chi connectivity index (χ4v) is 2.76. The molecular formula is C19H25N7O3. The molecule has 10 nitrogen and oxygen atoms in total. The zero-order valence-corrected chi connectivity index (χ0v) is 16.9. The van der Waals surface area contributed by atoms with Gasteiger partial charge in [-0.1, -0.05) is 31.2 Å². The topological polar surface area (TPSA) is 127 Å². The number of anilines is 2. The Morgan fingerprint density at radius 1 is 1.31 bits per heavy atom. The van der Waals surface area contributed by atoms with Crippen LogP contribution in [0.1, 0.15) is 26.3 Å². The second kappa shape index (κ2) is 8.82. The minimum absolute atomic E-state index is 0.0333. The number of hydrogen-bond acceptors (Lipinski definition) is 9. The number of hydrogen-bond donors (Lipinski definition) is 3. The van der Waals surface area contributed by atoms with E-state index in [0.717, 1.165) is 5.56 Å². The van der Waals surface area contributed by atoms with E-state index in [-0.39, 0.29) is 24.5 Å². The SMILES string of the molecule is CC(=O)Oc1cccc(CNc2nc(NC(CO)C(C)C)nc3c2nnn3C)c1. The van der Waals surface area contributed by atoms with Crippen LogP contribution < -0.4 is 15.4 Å². The molecule has 1 unspecified atom stereocenters. The number of rotatable bonds is 8. The number of ether oxygens (including phenoxy) is 1. The summed E-state index contributed by atoms with van der Waals surface area (Å²) >= 11 is 0. The van der Waals surface area contributed by atoms with Gasteiger partial charge in [-0.05, 0) is 23.6 Å². The summed E-state index contributed by atoms with van der Waals surface area (Å²) in [4.78, 5) is 20.2. The predicted molar refractivity (Wildman–Crippen MR) is 109 cm³/mol. The van der Waals surface area contributed by atoms with Crippen molar-refractivity contribution >= 4 is 28.9 Å². The highest BCUT2D eigenvalue weighted by Gasteiger charge is 2.17. The van der Waals surface area contributed by atoms with Crippen molar-refractivity contribution in [2.75, 3.05) is 17.2 Å². The average Bonchev–Trinajstić information content (AvgIpc) is 3.05. The van der Waals surface area contributed by atoms with Crippen LogP contribution in [0.25, 0.3) is 11.2 Å². The molecule has 0 saturated carbocycles. The lowest BCUT2D eigenvalue weighted by Crippen LogP contribution is -2.30. The van der Waals surface area contributed by atoms with Crippen molar-refractivity contribution in [3.05, 3.63) is 29.8 Å². The number of benzene rings is 1. The minimum Gasteiger partial charge on any atom is -0.427 e. The zero-order valence-electron chi connectivity index (χ0n) is 16.9. The number of nitrogens with zero attached hydrogens (tertiary/aromatic N) is 5. The van der Waals surface area contributed by atoms with Gasteiger partial charge in [-0.25, -0.2) is 4.68 Å². The lowest BCUT2D eigenvalue weighted by atomic mass is 10.1. The van der Waals surface area contributed by atoms with E-state index in [0.29, 0.717) is 35.2 Å². The third-order valence-corrected chi connectivity index (χ3v) is 4.39. The van der Waals surface area contributed by atoms with Gasteiger partial charge in [-0.3, -0.25) is 4.79 Å². The van der Waals surface area contributed by atoms with E-state index in [4.69, 9.17) is 4.74 Å². The molecule has 1 aromatic carbocycles. The van der Waals surface area contributed by atoms with E-state index in [9.17, 15) is 9.90 Å². The number of nitrogens with one attached hydrogen (secondary N) is 2. The summed E-state index contributed by atoms with van der Waals surface area (Å²) < 4.78 is 6.69. The van der Waals surface area contributed by atoms with Crippen LogP contribution in [0.3, 0.4) is 0 Å². The highest BCUT2D eigenvalue weighted by Crippen LogP contribution is 2.22. The van der Waals surface area contributed by atoms with Gasteiger partial charge in [0.05, 0.1) is 12.6 Å². The maximum absolute atomic E-state index is 11.2. The molecule has 0 fully saturated rings. The number of fused-ring (bicyclic) bond motifs is 1. The van der Waals surface area contributed by atoms with Gasteiger partial charge in [0.25, 0.3) is 0 Å². The van der Waals surface area contributed by atoms with E-state index in [1.54, 1.807) is 23.9 Å². The first-order valence-electron chi connectivity index (χ1n) is 9.33. The van der Waals surface area contributed by atoms with Crippen LogP contribution in [-0.2, 0) is 18.4 Å². The fraction of sp³-hybridized carbons (Fsp3) is 0.421. The van der Waals surface area contributed by atoms with E-state index in [2.05, 4.69) is 30.9 Å². The van der Waals surface area contributed by atoms with Gasteiger partial charge in [0.15, 0.2) is 17.0 Å². The molecule has 0 aliphatic rings. The van der Waals surface area contributed by atoms with E-state index in [1.807, 2.05) is 26.0 Å². The molecule has 3 aromatic rings. The van der Waals surface area contributed by atoms with Gasteiger partial charge >= 0.3 is 5.97 Å². The first kappa shape index (κ1) is 20.5. The van der Waals surface area contributed by atoms with Crippen LogP contribution in [0.5, 0.6) is 5.75 Å². The van der Waals surface area contributed by atoms with Gasteiger partial charge in [0, 0.05) is 20.5 Å². The molecular weight excluding hydrogens is 374 g/mol. The van der Waals surface area contributed by atoms with E-state index in [1.165, 1.54) is 6.92 Å². The number of esters is 1. The van der Waals surface area contributed by atoms with Crippen molar-refractivity contribution < 1.29 is 14.6 Å². The number of aliphatic hydroxyl groups excluding tert-OH is 1. The summed E-state index contributed by atoms with van der Waals surface area (Å²) in [5.41, 5.74) is 2.02. The Hall–Kier alpha value is -3.27. The van der Waals surface area contributed by atoms with Crippen molar-refractivity contribution in [3.8, 4) is 5.75 Å². The van der Waals surface area contributed by atoms with Crippen LogP contribution in [-0.4, -0.2) is 48.7 Å². The Balaban J connectivity index is 1.85. The average molecular weight is 399 g/mol. The summed E-state index contributed by atoms with van der Waals surface area (Å²) in [6.07, 6.45) is 0. The van der Waals surface area contributed by atoms with Gasteiger partial charge < -0.3 is 20.5 Å². The number of carbonyl (C=O) groups excluding carboxylic acids is 1. The Labute approximate surface area is 168 Å². The van der Waals surface area contributed by atoms with Gasteiger partial charge in [0.2, 0.25) is 5.95 Å². The number of aliphatic hydroxyl groups is 1. The van der Waals surface area contributed by atoms with Crippen molar-refractivity contribution in [1.29, 1.82) is 0 Å². The molecule has 0 bridgehead atoms. The van der Waals surface area contributed by atoms with Crippen LogP contribution in [0.15, 0.2) is 24.3 Å². The van der Waals surface area contributed by atoms with Crippen LogP contribution >= 0.6 is 0 Å². The van der Waals surface area contributed by atoms with Crippen LogP contribution in [0.2, 0.25) is 0 Å². The summed E-state index contributed by atoms with van der Waals surface area (Å²) in [6.45, 7) is 5.78. The quantitative estimate of drug-likeness (QED) is 0.383. The molecule has 0 amide bonds. The Morgan fingerprint density at radius 2 is 2.10 bits per heavy atom. The van der Waals surface area contributed by atoms with Crippen molar-refractivity contribution in [2.24, 2.45) is 13.0 Å². The summed E-state index contributed by atoms with van der Waals surface area (Å²) in [5, 5.41) is 24.2. The molecule has 0 radical (unpaired) electrons. The normalized spacial score (nSPS) is 12.2. The number of aromatic nitrogens is 5. The van der Waals surface area contributed by atoms with Crippen molar-refractivity contribution in [3.63, 3.8) is 0 Å². The second-order valence-electron chi connectivity index (χ2n) is 7.05. The lowest BCUT2D eigenvalue weighted by molar-refractivity contribution is -0.131. The molecule has 29 heavy (non-hydrogen) atoms. The molecule has 0 aliphatic carbocycles. The minimum atomic E-state index is -0.369. The second-order valence-corrected chi connectivity index (χ2v) is 7.05. The number of aryl methyl sites for hydroxylation is 1. The summed E-state index contributed by atoms with van der Waals surface area (Å²) in [5.74, 6) is 1.21. The molecule has 0 saturated heterocycles. The molecule has 0 aliphatic heterocycles. The molecule has 0 spiro atoms. The Bertz CT molecular complexity index is 1000. The Kier molecular flexibility index (Phi) is 6.23. The predicted octanol–water partition coefficient (Wildman–Crippen LogP) is 1.72. The van der Waals surface area contributed by atoms with Crippen molar-refractivity contribution in [1.82, 2.24) is 25.0 Å². The molecule has 154 valence electrons.